The Morgan fingerprint density at radius 3 is 2.56 bits per heavy atom. The van der Waals surface area contributed by atoms with Gasteiger partial charge in [-0.1, -0.05) is 48.0 Å². The number of benzene rings is 3. The van der Waals surface area contributed by atoms with E-state index in [0.29, 0.717) is 32.7 Å². The number of amides is 3. The smallest absolute Gasteiger partial charge is 0.293 e. The number of ether oxygens (including phenoxy) is 2. The summed E-state index contributed by atoms with van der Waals surface area (Å²) in [7, 11) is 0. The molecule has 0 radical (unpaired) electrons. The molecule has 7 nitrogen and oxygen atoms in total. The van der Waals surface area contributed by atoms with E-state index in [4.69, 9.17) is 21.1 Å². The number of anilines is 1. The van der Waals surface area contributed by atoms with Crippen LogP contribution in [-0.4, -0.2) is 41.7 Å². The molecule has 3 aromatic carbocycles. The summed E-state index contributed by atoms with van der Waals surface area (Å²) in [5.41, 5.74) is 2.17. The summed E-state index contributed by atoms with van der Waals surface area (Å²) in [6.45, 7) is 2.04. The number of carbonyl (C=O) groups excluding carboxylic acids is 3. The molecule has 1 fully saturated rings. The predicted molar refractivity (Wildman–Crippen MR) is 141 cm³/mol. The fourth-order valence-electron chi connectivity index (χ4n) is 3.33. The van der Waals surface area contributed by atoms with Gasteiger partial charge in [-0.3, -0.25) is 19.3 Å². The van der Waals surface area contributed by atoms with E-state index in [1.807, 2.05) is 43.3 Å². The van der Waals surface area contributed by atoms with Gasteiger partial charge in [-0.25, -0.2) is 0 Å². The SMILES string of the molecule is Cc1ccc(NC(=O)COc2cccc(/C=C3\SC(=O)N(CCOc4ccccc4)C3=O)c2)cc1Cl. The quantitative estimate of drug-likeness (QED) is 0.358. The average molecular weight is 523 g/mol. The molecule has 1 N–H and O–H groups in total. The van der Waals surface area contributed by atoms with Crippen molar-refractivity contribution in [3.63, 3.8) is 0 Å². The maximum Gasteiger partial charge on any atom is 0.293 e. The molecular formula is C27H23ClN2O5S. The van der Waals surface area contributed by atoms with Crippen LogP contribution in [-0.2, 0) is 9.59 Å². The molecule has 0 spiro atoms. The van der Waals surface area contributed by atoms with Gasteiger partial charge in [0.15, 0.2) is 6.61 Å². The second-order valence-corrected chi connectivity index (χ2v) is 9.27. The van der Waals surface area contributed by atoms with Crippen molar-refractivity contribution in [1.82, 2.24) is 4.90 Å². The van der Waals surface area contributed by atoms with Gasteiger partial charge in [0, 0.05) is 10.7 Å². The van der Waals surface area contributed by atoms with Crippen LogP contribution in [0.2, 0.25) is 5.02 Å². The van der Waals surface area contributed by atoms with Gasteiger partial charge in [-0.15, -0.1) is 0 Å². The van der Waals surface area contributed by atoms with Crippen molar-refractivity contribution in [2.45, 2.75) is 6.92 Å². The largest absolute Gasteiger partial charge is 0.492 e. The average Bonchev–Trinajstić information content (AvgIpc) is 3.13. The van der Waals surface area contributed by atoms with Crippen LogP contribution in [0.25, 0.3) is 6.08 Å². The number of halogens is 1. The van der Waals surface area contributed by atoms with Crippen molar-refractivity contribution in [2.75, 3.05) is 25.1 Å². The fourth-order valence-corrected chi connectivity index (χ4v) is 4.37. The molecule has 0 unspecified atom stereocenters. The highest BCUT2D eigenvalue weighted by molar-refractivity contribution is 8.18. The van der Waals surface area contributed by atoms with E-state index in [1.165, 1.54) is 4.90 Å². The van der Waals surface area contributed by atoms with Crippen LogP contribution in [0.1, 0.15) is 11.1 Å². The molecule has 0 atom stereocenters. The van der Waals surface area contributed by atoms with Crippen LogP contribution in [0.3, 0.4) is 0 Å². The molecule has 184 valence electrons. The van der Waals surface area contributed by atoms with Crippen LogP contribution in [0, 0.1) is 6.92 Å². The Hall–Kier alpha value is -3.75. The van der Waals surface area contributed by atoms with Gasteiger partial charge < -0.3 is 14.8 Å². The number of thioether (sulfide) groups is 1. The minimum atomic E-state index is -0.371. The Kier molecular flexibility index (Phi) is 8.30. The molecule has 0 aromatic heterocycles. The Labute approximate surface area is 218 Å². The summed E-state index contributed by atoms with van der Waals surface area (Å²) in [6, 6.07) is 21.4. The van der Waals surface area contributed by atoms with E-state index in [0.717, 1.165) is 17.3 Å². The Bertz CT molecular complexity index is 1310. The lowest BCUT2D eigenvalue weighted by molar-refractivity contribution is -0.123. The Morgan fingerprint density at radius 2 is 1.78 bits per heavy atom. The molecule has 0 saturated carbocycles. The van der Waals surface area contributed by atoms with Crippen molar-refractivity contribution in [1.29, 1.82) is 0 Å². The minimum Gasteiger partial charge on any atom is -0.492 e. The molecule has 0 aliphatic carbocycles. The van der Waals surface area contributed by atoms with Gasteiger partial charge in [0.05, 0.1) is 11.4 Å². The summed E-state index contributed by atoms with van der Waals surface area (Å²) in [6.07, 6.45) is 1.63. The van der Waals surface area contributed by atoms with Crippen LogP contribution >= 0.6 is 23.4 Å². The van der Waals surface area contributed by atoms with Gasteiger partial charge >= 0.3 is 0 Å². The van der Waals surface area contributed by atoms with Gasteiger partial charge in [-0.2, -0.15) is 0 Å². The second kappa shape index (κ2) is 11.8. The van der Waals surface area contributed by atoms with Gasteiger partial charge in [0.2, 0.25) is 0 Å². The highest BCUT2D eigenvalue weighted by Gasteiger charge is 2.34. The van der Waals surface area contributed by atoms with Crippen molar-refractivity contribution in [3.05, 3.63) is 93.9 Å². The van der Waals surface area contributed by atoms with E-state index < -0.39 is 0 Å². The lowest BCUT2D eigenvalue weighted by atomic mass is 10.2. The molecule has 3 amide bonds. The summed E-state index contributed by atoms with van der Waals surface area (Å²) in [5.74, 6) is 0.424. The standard InChI is InChI=1S/C27H23ClN2O5S/c1-18-10-11-20(16-23(18)28)29-25(31)17-35-22-9-5-6-19(14-22)15-24-26(32)30(27(33)36-24)12-13-34-21-7-3-2-4-8-21/h2-11,14-16H,12-13,17H2,1H3,(H,29,31)/b24-15-. The molecular weight excluding hydrogens is 500 g/mol. The number of rotatable bonds is 9. The summed E-state index contributed by atoms with van der Waals surface area (Å²) < 4.78 is 11.2. The lowest BCUT2D eigenvalue weighted by Crippen LogP contribution is -2.32. The maximum absolute atomic E-state index is 12.7. The molecule has 1 aliphatic heterocycles. The zero-order valence-corrected chi connectivity index (χ0v) is 21.0. The van der Waals surface area contributed by atoms with E-state index in [9.17, 15) is 14.4 Å². The summed E-state index contributed by atoms with van der Waals surface area (Å²) in [5, 5.41) is 2.95. The van der Waals surface area contributed by atoms with E-state index in [1.54, 1.807) is 42.5 Å². The molecule has 1 heterocycles. The summed E-state index contributed by atoms with van der Waals surface area (Å²) >= 11 is 6.97. The first-order valence-corrected chi connectivity index (χ1v) is 12.3. The topological polar surface area (TPSA) is 84.9 Å². The highest BCUT2D eigenvalue weighted by Crippen LogP contribution is 2.32. The molecule has 9 heteroatoms. The fraction of sp³-hybridized carbons (Fsp3) is 0.148. The number of imide groups is 1. The normalized spacial score (nSPS) is 14.3. The van der Waals surface area contributed by atoms with Crippen LogP contribution < -0.4 is 14.8 Å². The Balaban J connectivity index is 1.32. The van der Waals surface area contributed by atoms with Crippen molar-refractivity contribution in [3.8, 4) is 11.5 Å². The summed E-state index contributed by atoms with van der Waals surface area (Å²) in [4.78, 5) is 38.8. The lowest BCUT2D eigenvalue weighted by Gasteiger charge is -2.13. The molecule has 4 rings (SSSR count). The monoisotopic (exact) mass is 522 g/mol. The Morgan fingerprint density at radius 1 is 1.00 bits per heavy atom. The molecule has 1 aliphatic rings. The zero-order chi connectivity index (χ0) is 25.5. The molecule has 3 aromatic rings. The first-order valence-electron chi connectivity index (χ1n) is 11.1. The first kappa shape index (κ1) is 25.3. The number of aryl methyl sites for hydroxylation is 1. The third-order valence-electron chi connectivity index (χ3n) is 5.18. The van der Waals surface area contributed by atoms with Crippen molar-refractivity contribution in [2.24, 2.45) is 0 Å². The van der Waals surface area contributed by atoms with Crippen LogP contribution in [0.4, 0.5) is 10.5 Å². The van der Waals surface area contributed by atoms with E-state index in [-0.39, 0.29) is 36.8 Å². The predicted octanol–water partition coefficient (Wildman–Crippen LogP) is 5.78. The minimum absolute atomic E-state index is 0.154. The molecule has 1 saturated heterocycles. The van der Waals surface area contributed by atoms with E-state index in [2.05, 4.69) is 5.32 Å². The van der Waals surface area contributed by atoms with Crippen LogP contribution in [0.15, 0.2) is 77.7 Å². The molecule has 0 bridgehead atoms. The first-order chi connectivity index (χ1) is 17.4. The van der Waals surface area contributed by atoms with Crippen molar-refractivity contribution >= 4 is 52.2 Å². The number of hydrogen-bond donors (Lipinski definition) is 1. The van der Waals surface area contributed by atoms with Gasteiger partial charge in [-0.05, 0) is 72.3 Å². The number of carbonyl (C=O) groups is 3. The second-order valence-electron chi connectivity index (χ2n) is 7.87. The number of nitrogens with one attached hydrogen (secondary N) is 1. The zero-order valence-electron chi connectivity index (χ0n) is 19.4. The van der Waals surface area contributed by atoms with Crippen LogP contribution in [0.5, 0.6) is 11.5 Å². The number of para-hydroxylation sites is 1. The third kappa shape index (κ3) is 6.68. The molecule has 36 heavy (non-hydrogen) atoms. The number of hydrogen-bond acceptors (Lipinski definition) is 6. The van der Waals surface area contributed by atoms with E-state index >= 15 is 0 Å². The number of nitrogens with zero attached hydrogens (tertiary/aromatic N) is 1. The third-order valence-corrected chi connectivity index (χ3v) is 6.50. The van der Waals surface area contributed by atoms with Gasteiger partial charge in [0.25, 0.3) is 17.1 Å². The van der Waals surface area contributed by atoms with Gasteiger partial charge in [0.1, 0.15) is 18.1 Å². The van der Waals surface area contributed by atoms with Crippen molar-refractivity contribution < 1.29 is 23.9 Å². The highest BCUT2D eigenvalue weighted by atomic mass is 35.5. The maximum atomic E-state index is 12.7.